The van der Waals surface area contributed by atoms with Gasteiger partial charge in [0.1, 0.15) is 93.0 Å². The number of hydrogen-bond acceptors (Lipinski definition) is 35. The fraction of sp³-hybridized carbons (Fsp3) is 0.897. The SMILES string of the molecule is CCCCCCCCCCCCCCCCCCOC[C@H](COC(=O)NCCCCCC(=O)NC(COCCC(=O)NCCCNC(=O)CCCCOC1OC(COC(C)=O)C(O)C(O)C1N)(COCCC(=O)NCCCNC(=O)CCCCOC1OC(COC(C)=O)C(O)C(O)C1N)COCCC(=O)NCCCNC(=O)CCCCOC1OC(COC(C)=O)C(O)C(O)C1N)OCCCCCCCCCCCCCCCCCC. The van der Waals surface area contributed by atoms with Gasteiger partial charge in [-0.2, -0.15) is 0 Å². The zero-order valence-electron chi connectivity index (χ0n) is 91.6. The number of carbonyl (C=O) groups excluding carboxylic acids is 11. The summed E-state index contributed by atoms with van der Waals surface area (Å²) in [6, 6.07) is -3.25. The summed E-state index contributed by atoms with van der Waals surface area (Å²) >= 11 is 0. The Morgan fingerprint density at radius 2 is 0.533 bits per heavy atom. The molecule has 20 N–H and O–H groups in total. The predicted octanol–water partition coefficient (Wildman–Crippen LogP) is 7.71. The highest BCUT2D eigenvalue weighted by atomic mass is 16.7. The van der Waals surface area contributed by atoms with Crippen LogP contribution in [0.5, 0.6) is 0 Å². The third kappa shape index (κ3) is 70.6. The second-order valence-electron chi connectivity index (χ2n) is 40.1. The molecule has 3 saturated heterocycles. The molecule has 0 aromatic heterocycles. The zero-order chi connectivity index (χ0) is 110. The predicted molar refractivity (Wildman–Crippen MR) is 562 cm³/mol. The highest BCUT2D eigenvalue weighted by Crippen LogP contribution is 2.27. The van der Waals surface area contributed by atoms with E-state index in [9.17, 15) is 83.4 Å². The Hall–Kier alpha value is -6.83. The number of nitrogens with one attached hydrogen (secondary N) is 8. The Morgan fingerprint density at radius 3 is 0.840 bits per heavy atom. The van der Waals surface area contributed by atoms with Crippen LogP contribution < -0.4 is 59.7 Å². The third-order valence-corrected chi connectivity index (χ3v) is 26.3. The number of carbonyl (C=O) groups is 11. The highest BCUT2D eigenvalue weighted by molar-refractivity contribution is 5.79. The van der Waals surface area contributed by atoms with Gasteiger partial charge in [0.15, 0.2) is 18.9 Å². The highest BCUT2D eigenvalue weighted by Gasteiger charge is 2.47. The fourth-order valence-electron chi connectivity index (χ4n) is 17.1. The summed E-state index contributed by atoms with van der Waals surface area (Å²) in [5.74, 6) is -4.07. The molecule has 3 heterocycles. The Balaban J connectivity index is 1.66. The van der Waals surface area contributed by atoms with E-state index in [-0.39, 0.29) is 212 Å². The smallest absolute Gasteiger partial charge is 0.407 e. The minimum Gasteiger partial charge on any atom is -0.463 e. The lowest BCUT2D eigenvalue weighted by molar-refractivity contribution is -0.267. The van der Waals surface area contributed by atoms with Crippen molar-refractivity contribution in [2.75, 3.05) is 152 Å². The summed E-state index contributed by atoms with van der Waals surface area (Å²) in [5, 5.41) is 85.3. The molecule has 3 rings (SSSR count). The van der Waals surface area contributed by atoms with Gasteiger partial charge in [-0.05, 0) is 83.5 Å². The Kier molecular flexibility index (Phi) is 82.6. The third-order valence-electron chi connectivity index (χ3n) is 26.3. The average Bonchev–Trinajstić information content (AvgIpc) is 0.825. The first-order chi connectivity index (χ1) is 72.5. The van der Waals surface area contributed by atoms with Crippen molar-refractivity contribution in [3.63, 3.8) is 0 Å². The second-order valence-corrected chi connectivity index (χ2v) is 40.1. The number of amides is 8. The number of esters is 3. The van der Waals surface area contributed by atoms with Gasteiger partial charge in [0, 0.05) is 145 Å². The van der Waals surface area contributed by atoms with E-state index in [1.165, 1.54) is 194 Å². The van der Waals surface area contributed by atoms with Crippen molar-refractivity contribution in [2.45, 2.75) is 466 Å². The van der Waals surface area contributed by atoms with Crippen molar-refractivity contribution >= 4 is 65.4 Å². The first-order valence-corrected chi connectivity index (χ1v) is 56.8. The molecule has 0 saturated carbocycles. The first kappa shape index (κ1) is 137. The second kappa shape index (κ2) is 90.3. The minimum atomic E-state index is -1.48. The van der Waals surface area contributed by atoms with Crippen molar-refractivity contribution < 1.29 is 154 Å². The maximum atomic E-state index is 14.3. The number of rotatable bonds is 97. The van der Waals surface area contributed by atoms with E-state index < -0.39 is 133 Å². The van der Waals surface area contributed by atoms with Gasteiger partial charge in [-0.15, -0.1) is 0 Å². The molecule has 150 heavy (non-hydrogen) atoms. The van der Waals surface area contributed by atoms with Crippen LogP contribution in [0.1, 0.15) is 362 Å². The van der Waals surface area contributed by atoms with E-state index in [1.807, 2.05) is 0 Å². The fourth-order valence-corrected chi connectivity index (χ4v) is 17.1. The van der Waals surface area contributed by atoms with Gasteiger partial charge in [0.25, 0.3) is 0 Å². The molecule has 0 radical (unpaired) electrons. The van der Waals surface area contributed by atoms with E-state index in [1.54, 1.807) is 0 Å². The van der Waals surface area contributed by atoms with E-state index >= 15 is 0 Å². The maximum Gasteiger partial charge on any atom is 0.407 e. The number of ether oxygens (including phenoxy) is 15. The van der Waals surface area contributed by atoms with Crippen LogP contribution in [-0.2, 0) is 119 Å². The van der Waals surface area contributed by atoms with Crippen LogP contribution >= 0.6 is 0 Å². The normalized spacial score (nSPS) is 21.2. The average molecular weight is 2150 g/mol. The summed E-state index contributed by atoms with van der Waals surface area (Å²) in [4.78, 5) is 140. The summed E-state index contributed by atoms with van der Waals surface area (Å²) in [7, 11) is 0. The molecule has 3 fully saturated rings. The van der Waals surface area contributed by atoms with Gasteiger partial charge in [0.05, 0.1) is 64.4 Å². The summed E-state index contributed by atoms with van der Waals surface area (Å²) in [6.45, 7) is 9.30. The molecule has 15 unspecified atom stereocenters. The monoisotopic (exact) mass is 2150 g/mol. The largest absolute Gasteiger partial charge is 0.463 e. The molecule has 3 aliphatic rings. The Morgan fingerprint density at radius 1 is 0.273 bits per heavy atom. The van der Waals surface area contributed by atoms with Crippen LogP contribution in [0.4, 0.5) is 4.79 Å². The van der Waals surface area contributed by atoms with Gasteiger partial charge in [0.2, 0.25) is 41.4 Å². The molecule has 8 amide bonds. The Labute approximate surface area is 892 Å². The lowest BCUT2D eigenvalue weighted by atomic mass is 9.98. The van der Waals surface area contributed by atoms with E-state index in [0.29, 0.717) is 96.9 Å². The number of aliphatic hydroxyl groups excluding tert-OH is 6. The molecular formula is C107H199N11O32. The van der Waals surface area contributed by atoms with Gasteiger partial charge >= 0.3 is 24.0 Å². The van der Waals surface area contributed by atoms with Gasteiger partial charge in [-0.1, -0.05) is 213 Å². The van der Waals surface area contributed by atoms with Crippen LogP contribution in [0.2, 0.25) is 0 Å². The molecule has 3 aliphatic heterocycles. The number of aliphatic hydroxyl groups is 6. The molecule has 0 aromatic carbocycles. The number of unbranched alkanes of at least 4 members (excludes halogenated alkanes) is 35. The minimum absolute atomic E-state index is 0.00693. The van der Waals surface area contributed by atoms with Crippen molar-refractivity contribution in [3.8, 4) is 0 Å². The Bertz CT molecular complexity index is 3240. The van der Waals surface area contributed by atoms with Crippen LogP contribution in [-0.4, -0.2) is 351 Å². The molecule has 16 atom stereocenters. The van der Waals surface area contributed by atoms with Crippen LogP contribution in [0, 0.1) is 0 Å². The van der Waals surface area contributed by atoms with Gasteiger partial charge in [-0.3, -0.25) is 47.9 Å². The lowest BCUT2D eigenvalue weighted by Crippen LogP contribution is -2.62. The summed E-state index contributed by atoms with van der Waals surface area (Å²) in [5.41, 5.74) is 16.6. The summed E-state index contributed by atoms with van der Waals surface area (Å²) < 4.78 is 85.7. The molecular weight excluding hydrogens is 1950 g/mol. The van der Waals surface area contributed by atoms with Crippen LogP contribution in [0.15, 0.2) is 0 Å². The molecule has 43 nitrogen and oxygen atoms in total. The first-order valence-electron chi connectivity index (χ1n) is 56.8. The van der Waals surface area contributed by atoms with E-state index in [4.69, 9.17) is 88.3 Å². The molecule has 874 valence electrons. The van der Waals surface area contributed by atoms with E-state index in [2.05, 4.69) is 56.4 Å². The number of nitrogens with two attached hydrogens (primary N) is 3. The summed E-state index contributed by atoms with van der Waals surface area (Å²) in [6.07, 6.45) is 30.0. The lowest BCUT2D eigenvalue weighted by Gasteiger charge is -2.40. The standard InChI is InChI=1S/C107H199N11O32/c1-6-8-10-12-14-16-18-20-22-24-26-28-30-32-34-42-64-136-72-83(140-65-43-35-33-31-29-27-25-23-21-19-17-15-13-11-9-7-2)73-147-106(135)117-57-41-36-37-53-93(128)118-107(77-137-69-54-90(125)114-61-47-58-111-87(122)50-38-44-66-141-103-94(108)100(132)97(129)84(148-103)74-144-80(3)119,78-138-70-55-91(126)115-62-48-59-112-88(123)51-39-45-67-142-104-95(109)101(133)98(130)85(149-104)75-145-81(4)120)79-139-71-56-92(127)116-63-49-60-113-89(124)52-40-46-68-143-105-96(110)102(134)99(131)86(150-105)76-146-82(5)121/h83-86,94-105,129-134H,6-79,108-110H2,1-5H3,(H,111,122)(H,112,123)(H,113,124)(H,114,125)(H,115,126)(H,116,127)(H,117,135)(H,118,128)/t83-,84?,85?,86?,94?,95?,96?,97?,98?,99?,100?,101?,102?,103?,104?,105?,107?/m1/s1. The number of hydrogen-bond donors (Lipinski definition) is 17. The quantitative estimate of drug-likeness (QED) is 0.0157. The van der Waals surface area contributed by atoms with Crippen molar-refractivity contribution in [1.29, 1.82) is 0 Å². The van der Waals surface area contributed by atoms with Gasteiger partial charge in [-0.25, -0.2) is 4.79 Å². The molecule has 0 spiro atoms. The van der Waals surface area contributed by atoms with Crippen LogP contribution in [0.25, 0.3) is 0 Å². The number of alkyl carbamates (subject to hydrolysis) is 1. The van der Waals surface area contributed by atoms with Crippen molar-refractivity contribution in [1.82, 2.24) is 42.5 Å². The van der Waals surface area contributed by atoms with Crippen molar-refractivity contribution in [2.24, 2.45) is 17.2 Å². The zero-order valence-corrected chi connectivity index (χ0v) is 91.6. The maximum absolute atomic E-state index is 14.3. The van der Waals surface area contributed by atoms with Gasteiger partial charge < -0.3 is 161 Å². The topological polar surface area (TPSA) is 622 Å². The van der Waals surface area contributed by atoms with E-state index in [0.717, 1.165) is 32.1 Å². The van der Waals surface area contributed by atoms with Crippen molar-refractivity contribution in [3.05, 3.63) is 0 Å². The van der Waals surface area contributed by atoms with Crippen LogP contribution in [0.3, 0.4) is 0 Å². The molecule has 43 heteroatoms. The molecule has 0 aliphatic carbocycles. The molecule has 0 bridgehead atoms. The molecule has 0 aromatic rings.